The van der Waals surface area contributed by atoms with Crippen molar-refractivity contribution in [3.63, 3.8) is 0 Å². The molecule has 1 unspecified atom stereocenters. The molecule has 0 saturated heterocycles. The predicted molar refractivity (Wildman–Crippen MR) is 72.1 cm³/mol. The van der Waals surface area contributed by atoms with Gasteiger partial charge in [0, 0.05) is 23.1 Å². The molecule has 1 rings (SSSR count). The van der Waals surface area contributed by atoms with Crippen LogP contribution in [0.15, 0.2) is 24.3 Å². The van der Waals surface area contributed by atoms with Crippen LogP contribution in [0.4, 0.5) is 0 Å². The van der Waals surface area contributed by atoms with Gasteiger partial charge in [0.1, 0.15) is 9.84 Å². The van der Waals surface area contributed by atoms with Gasteiger partial charge in [-0.25, -0.2) is 8.42 Å². The Morgan fingerprint density at radius 1 is 1.35 bits per heavy atom. The number of sulfone groups is 1. The highest BCUT2D eigenvalue weighted by Crippen LogP contribution is 2.17. The molecule has 5 heteroatoms. The minimum atomic E-state index is -2.88. The summed E-state index contributed by atoms with van der Waals surface area (Å²) in [6, 6.07) is 7.53. The highest BCUT2D eigenvalue weighted by molar-refractivity contribution is 7.90. The van der Waals surface area contributed by atoms with Gasteiger partial charge in [0.15, 0.2) is 0 Å². The fourth-order valence-corrected chi connectivity index (χ4v) is 2.56. The van der Waals surface area contributed by atoms with E-state index in [1.807, 2.05) is 24.3 Å². The molecular weight excluding hydrogens is 258 g/mol. The third-order valence-corrected chi connectivity index (χ3v) is 3.93. The summed E-state index contributed by atoms with van der Waals surface area (Å²) < 4.78 is 21.9. The summed E-state index contributed by atoms with van der Waals surface area (Å²) in [6.45, 7) is 0. The number of rotatable bonds is 6. The summed E-state index contributed by atoms with van der Waals surface area (Å²) in [4.78, 5) is 0. The molecule has 0 aliphatic rings. The normalized spacial score (nSPS) is 13.6. The fourth-order valence-electron chi connectivity index (χ4n) is 1.66. The van der Waals surface area contributed by atoms with Gasteiger partial charge in [0.05, 0.1) is 0 Å². The van der Waals surface area contributed by atoms with Gasteiger partial charge in [-0.05, 0) is 30.9 Å². The summed E-state index contributed by atoms with van der Waals surface area (Å²) in [7, 11) is -2.88. The van der Waals surface area contributed by atoms with Crippen molar-refractivity contribution in [3.8, 4) is 0 Å². The second kappa shape index (κ2) is 6.38. The maximum absolute atomic E-state index is 11.0. The SMILES string of the molecule is CS(=O)(=O)CCCC(N)Cc1ccccc1Cl. The quantitative estimate of drug-likeness (QED) is 0.864. The van der Waals surface area contributed by atoms with Gasteiger partial charge in [-0.1, -0.05) is 29.8 Å². The Morgan fingerprint density at radius 2 is 2.00 bits per heavy atom. The average molecular weight is 276 g/mol. The van der Waals surface area contributed by atoms with E-state index in [4.69, 9.17) is 17.3 Å². The molecule has 0 heterocycles. The van der Waals surface area contributed by atoms with Crippen LogP contribution in [0.2, 0.25) is 5.02 Å². The van der Waals surface area contributed by atoms with Crippen molar-refractivity contribution >= 4 is 21.4 Å². The zero-order chi connectivity index (χ0) is 12.9. The minimum Gasteiger partial charge on any atom is -0.327 e. The van der Waals surface area contributed by atoms with E-state index in [9.17, 15) is 8.42 Å². The Morgan fingerprint density at radius 3 is 2.59 bits per heavy atom. The zero-order valence-corrected chi connectivity index (χ0v) is 11.5. The number of benzene rings is 1. The lowest BCUT2D eigenvalue weighted by Crippen LogP contribution is -2.23. The molecule has 0 aromatic heterocycles. The average Bonchev–Trinajstić information content (AvgIpc) is 2.19. The standard InChI is InChI=1S/C12H18ClNO2S/c1-17(15,16)8-4-6-11(14)9-10-5-2-3-7-12(10)13/h2-3,5,7,11H,4,6,8-9,14H2,1H3. The van der Waals surface area contributed by atoms with E-state index in [-0.39, 0.29) is 11.8 Å². The van der Waals surface area contributed by atoms with Crippen molar-refractivity contribution in [2.75, 3.05) is 12.0 Å². The van der Waals surface area contributed by atoms with E-state index in [1.165, 1.54) is 6.26 Å². The van der Waals surface area contributed by atoms with E-state index in [0.29, 0.717) is 24.3 Å². The molecule has 0 spiro atoms. The fraction of sp³-hybridized carbons (Fsp3) is 0.500. The number of hydrogen-bond acceptors (Lipinski definition) is 3. The molecule has 17 heavy (non-hydrogen) atoms. The molecule has 0 amide bonds. The minimum absolute atomic E-state index is 0.0448. The topological polar surface area (TPSA) is 60.2 Å². The van der Waals surface area contributed by atoms with Crippen LogP contribution in [-0.4, -0.2) is 26.5 Å². The van der Waals surface area contributed by atoms with Gasteiger partial charge in [0.2, 0.25) is 0 Å². The van der Waals surface area contributed by atoms with E-state index in [1.54, 1.807) is 0 Å². The molecule has 0 saturated carbocycles. The first-order chi connectivity index (χ1) is 7.88. The maximum atomic E-state index is 11.0. The van der Waals surface area contributed by atoms with Crippen LogP contribution in [0.3, 0.4) is 0 Å². The van der Waals surface area contributed by atoms with Crippen molar-refractivity contribution in [2.24, 2.45) is 5.73 Å². The monoisotopic (exact) mass is 275 g/mol. The first-order valence-electron chi connectivity index (χ1n) is 5.55. The van der Waals surface area contributed by atoms with Gasteiger partial charge < -0.3 is 5.73 Å². The Kier molecular flexibility index (Phi) is 5.43. The predicted octanol–water partition coefficient (Wildman–Crippen LogP) is 2.03. The molecule has 0 radical (unpaired) electrons. The van der Waals surface area contributed by atoms with Crippen LogP contribution >= 0.6 is 11.6 Å². The molecular formula is C12H18ClNO2S. The van der Waals surface area contributed by atoms with Crippen molar-refractivity contribution < 1.29 is 8.42 Å². The van der Waals surface area contributed by atoms with E-state index in [0.717, 1.165) is 5.56 Å². The molecule has 0 aliphatic carbocycles. The summed E-state index contributed by atoms with van der Waals surface area (Å²) in [5.74, 6) is 0.198. The second-order valence-corrected chi connectivity index (χ2v) is 6.99. The van der Waals surface area contributed by atoms with Crippen LogP contribution in [0.25, 0.3) is 0 Å². The first kappa shape index (κ1) is 14.5. The number of hydrogen-bond donors (Lipinski definition) is 1. The van der Waals surface area contributed by atoms with E-state index < -0.39 is 9.84 Å². The maximum Gasteiger partial charge on any atom is 0.147 e. The lowest BCUT2D eigenvalue weighted by molar-refractivity contribution is 0.577. The molecule has 0 fully saturated rings. The Labute approximate surface area is 108 Å². The van der Waals surface area contributed by atoms with Crippen LogP contribution < -0.4 is 5.73 Å². The van der Waals surface area contributed by atoms with Gasteiger partial charge in [-0.2, -0.15) is 0 Å². The van der Waals surface area contributed by atoms with Gasteiger partial charge in [0.25, 0.3) is 0 Å². The van der Waals surface area contributed by atoms with Crippen molar-refractivity contribution in [2.45, 2.75) is 25.3 Å². The lowest BCUT2D eigenvalue weighted by atomic mass is 10.0. The van der Waals surface area contributed by atoms with Gasteiger partial charge in [-0.15, -0.1) is 0 Å². The third-order valence-electron chi connectivity index (χ3n) is 2.53. The van der Waals surface area contributed by atoms with Crippen molar-refractivity contribution in [1.82, 2.24) is 0 Å². The molecule has 96 valence electrons. The van der Waals surface area contributed by atoms with Crippen LogP contribution in [0, 0.1) is 0 Å². The molecule has 1 atom stereocenters. The highest BCUT2D eigenvalue weighted by Gasteiger charge is 2.08. The van der Waals surface area contributed by atoms with Gasteiger partial charge >= 0.3 is 0 Å². The summed E-state index contributed by atoms with van der Waals surface area (Å²) in [5, 5.41) is 0.714. The highest BCUT2D eigenvalue weighted by atomic mass is 35.5. The number of nitrogens with two attached hydrogens (primary N) is 1. The zero-order valence-electron chi connectivity index (χ0n) is 9.90. The molecule has 0 bridgehead atoms. The Hall–Kier alpha value is -0.580. The number of halogens is 1. The summed E-state index contributed by atoms with van der Waals surface area (Å²) in [5.41, 5.74) is 6.97. The van der Waals surface area contributed by atoms with E-state index >= 15 is 0 Å². The van der Waals surface area contributed by atoms with E-state index in [2.05, 4.69) is 0 Å². The molecule has 0 aliphatic heterocycles. The Balaban J connectivity index is 2.40. The van der Waals surface area contributed by atoms with Crippen LogP contribution in [-0.2, 0) is 16.3 Å². The van der Waals surface area contributed by atoms with Crippen molar-refractivity contribution in [1.29, 1.82) is 0 Å². The summed E-state index contributed by atoms with van der Waals surface area (Å²) in [6.07, 6.45) is 3.22. The Bertz CT molecular complexity index is 459. The molecule has 1 aromatic carbocycles. The first-order valence-corrected chi connectivity index (χ1v) is 7.99. The summed E-state index contributed by atoms with van der Waals surface area (Å²) >= 11 is 6.02. The smallest absolute Gasteiger partial charge is 0.147 e. The van der Waals surface area contributed by atoms with Crippen LogP contribution in [0.1, 0.15) is 18.4 Å². The third kappa shape index (κ3) is 6.05. The van der Waals surface area contributed by atoms with Crippen LogP contribution in [0.5, 0.6) is 0 Å². The van der Waals surface area contributed by atoms with Gasteiger partial charge in [-0.3, -0.25) is 0 Å². The molecule has 3 nitrogen and oxygen atoms in total. The largest absolute Gasteiger partial charge is 0.327 e. The second-order valence-electron chi connectivity index (χ2n) is 4.33. The lowest BCUT2D eigenvalue weighted by Gasteiger charge is -2.12. The molecule has 2 N–H and O–H groups in total. The van der Waals surface area contributed by atoms with Crippen molar-refractivity contribution in [3.05, 3.63) is 34.9 Å². The molecule has 1 aromatic rings.